The minimum Gasteiger partial charge on any atom is -0.389 e. The second-order valence-corrected chi connectivity index (χ2v) is 6.28. The highest BCUT2D eigenvalue weighted by molar-refractivity contribution is 5.06. The molecule has 0 aliphatic heterocycles. The first kappa shape index (κ1) is 16.3. The lowest BCUT2D eigenvalue weighted by Gasteiger charge is -2.37. The molecule has 3 unspecified atom stereocenters. The van der Waals surface area contributed by atoms with Crippen LogP contribution in [0.15, 0.2) is 12.3 Å². The maximum atomic E-state index is 12.8. The van der Waals surface area contributed by atoms with Gasteiger partial charge in [0.25, 0.3) is 0 Å². The Hall–Kier alpha value is -1.04. The van der Waals surface area contributed by atoms with Gasteiger partial charge in [-0.15, -0.1) is 0 Å². The minimum atomic E-state index is -4.22. The topological polar surface area (TPSA) is 38.0 Å². The van der Waals surface area contributed by atoms with Gasteiger partial charge in [0.1, 0.15) is 0 Å². The summed E-state index contributed by atoms with van der Waals surface area (Å²) in [5.74, 6) is -1.40. The van der Waals surface area contributed by atoms with E-state index in [4.69, 9.17) is 0 Å². The predicted molar refractivity (Wildman–Crippen MR) is 73.9 cm³/mol. The van der Waals surface area contributed by atoms with Gasteiger partial charge in [-0.25, -0.2) is 0 Å². The van der Waals surface area contributed by atoms with Gasteiger partial charge in [-0.2, -0.15) is 18.3 Å². The van der Waals surface area contributed by atoms with Gasteiger partial charge in [0.2, 0.25) is 0 Å². The zero-order chi connectivity index (χ0) is 15.7. The molecule has 3 atom stereocenters. The average Bonchev–Trinajstić information content (AvgIpc) is 2.84. The number of hydrogen-bond donors (Lipinski definition) is 1. The highest BCUT2D eigenvalue weighted by Gasteiger charge is 2.47. The van der Waals surface area contributed by atoms with Crippen LogP contribution in [0.25, 0.3) is 0 Å². The molecule has 0 radical (unpaired) electrons. The average molecular weight is 304 g/mol. The zero-order valence-electron chi connectivity index (χ0n) is 12.5. The molecule has 1 aromatic rings. The van der Waals surface area contributed by atoms with Gasteiger partial charge in [-0.3, -0.25) is 4.68 Å². The monoisotopic (exact) mass is 304 g/mol. The van der Waals surface area contributed by atoms with Crippen molar-refractivity contribution in [2.45, 2.75) is 70.2 Å². The molecule has 21 heavy (non-hydrogen) atoms. The van der Waals surface area contributed by atoms with Crippen LogP contribution in [0.5, 0.6) is 0 Å². The van der Waals surface area contributed by atoms with Crippen molar-refractivity contribution in [2.24, 2.45) is 5.92 Å². The molecule has 1 saturated carbocycles. The molecule has 0 saturated heterocycles. The number of rotatable bonds is 4. The van der Waals surface area contributed by atoms with Crippen molar-refractivity contribution in [3.8, 4) is 0 Å². The SMILES string of the molecule is CCC(C)n1ccc(CC2(O)CCCC(C(F)(F)F)C2)n1. The highest BCUT2D eigenvalue weighted by atomic mass is 19.4. The van der Waals surface area contributed by atoms with E-state index in [0.717, 1.165) is 6.42 Å². The third-order valence-corrected chi connectivity index (χ3v) is 4.50. The third kappa shape index (κ3) is 3.99. The first-order valence-corrected chi connectivity index (χ1v) is 7.56. The van der Waals surface area contributed by atoms with Crippen molar-refractivity contribution < 1.29 is 18.3 Å². The summed E-state index contributed by atoms with van der Waals surface area (Å²) in [6, 6.07) is 2.05. The Bertz CT molecular complexity index is 472. The fourth-order valence-electron chi connectivity index (χ4n) is 3.02. The Morgan fingerprint density at radius 1 is 1.52 bits per heavy atom. The largest absolute Gasteiger partial charge is 0.391 e. The number of nitrogens with zero attached hydrogens (tertiary/aromatic N) is 2. The molecule has 0 aromatic carbocycles. The van der Waals surface area contributed by atoms with E-state index in [2.05, 4.69) is 12.0 Å². The lowest BCUT2D eigenvalue weighted by Crippen LogP contribution is -2.42. The molecule has 0 spiro atoms. The van der Waals surface area contributed by atoms with Gasteiger partial charge >= 0.3 is 6.18 Å². The summed E-state index contributed by atoms with van der Waals surface area (Å²) in [6.45, 7) is 4.08. The van der Waals surface area contributed by atoms with Crippen molar-refractivity contribution in [3.63, 3.8) is 0 Å². The van der Waals surface area contributed by atoms with Crippen molar-refractivity contribution in [2.75, 3.05) is 0 Å². The molecule has 1 N–H and O–H groups in total. The molecule has 1 fully saturated rings. The van der Waals surface area contributed by atoms with Gasteiger partial charge in [0.05, 0.1) is 17.2 Å². The molecule has 1 aliphatic rings. The zero-order valence-corrected chi connectivity index (χ0v) is 12.5. The van der Waals surface area contributed by atoms with E-state index in [9.17, 15) is 18.3 Å². The smallest absolute Gasteiger partial charge is 0.389 e. The fourth-order valence-corrected chi connectivity index (χ4v) is 3.02. The van der Waals surface area contributed by atoms with Crippen LogP contribution in [0, 0.1) is 5.92 Å². The van der Waals surface area contributed by atoms with Gasteiger partial charge in [-0.05, 0) is 45.1 Å². The van der Waals surface area contributed by atoms with Crippen LogP contribution in [0.2, 0.25) is 0 Å². The van der Waals surface area contributed by atoms with Gasteiger partial charge in [-0.1, -0.05) is 6.92 Å². The number of aromatic nitrogens is 2. The second kappa shape index (κ2) is 5.99. The summed E-state index contributed by atoms with van der Waals surface area (Å²) in [5.41, 5.74) is -0.617. The summed E-state index contributed by atoms with van der Waals surface area (Å²) >= 11 is 0. The summed E-state index contributed by atoms with van der Waals surface area (Å²) < 4.78 is 40.4. The standard InChI is InChI=1S/C15H23F3N2O/c1-3-11(2)20-8-6-13(19-20)10-14(21)7-4-5-12(9-14)15(16,17)18/h6,8,11-12,21H,3-5,7,9-10H2,1-2H3. The molecule has 0 amide bonds. The van der Waals surface area contributed by atoms with E-state index in [0.29, 0.717) is 18.5 Å². The van der Waals surface area contributed by atoms with Crippen molar-refractivity contribution in [1.29, 1.82) is 0 Å². The van der Waals surface area contributed by atoms with Crippen LogP contribution < -0.4 is 0 Å². The summed E-state index contributed by atoms with van der Waals surface area (Å²) in [4.78, 5) is 0. The van der Waals surface area contributed by atoms with Gasteiger partial charge in [0, 0.05) is 18.7 Å². The number of hydrogen-bond acceptors (Lipinski definition) is 2. The Kier molecular flexibility index (Phi) is 4.66. The van der Waals surface area contributed by atoms with Crippen LogP contribution in [0.3, 0.4) is 0 Å². The van der Waals surface area contributed by atoms with Crippen LogP contribution in [-0.4, -0.2) is 26.7 Å². The first-order chi connectivity index (χ1) is 9.73. The van der Waals surface area contributed by atoms with Crippen molar-refractivity contribution in [1.82, 2.24) is 9.78 Å². The molecule has 120 valence electrons. The molecule has 1 aromatic heterocycles. The summed E-state index contributed by atoms with van der Waals surface area (Å²) in [6.07, 6.45) is -0.533. The maximum Gasteiger partial charge on any atom is 0.391 e. The number of alkyl halides is 3. The van der Waals surface area contributed by atoms with Crippen LogP contribution >= 0.6 is 0 Å². The third-order valence-electron chi connectivity index (χ3n) is 4.50. The molecular formula is C15H23F3N2O. The first-order valence-electron chi connectivity index (χ1n) is 7.56. The molecule has 6 heteroatoms. The van der Waals surface area contributed by atoms with Crippen LogP contribution in [-0.2, 0) is 6.42 Å². The quantitative estimate of drug-likeness (QED) is 0.916. The van der Waals surface area contributed by atoms with E-state index < -0.39 is 17.7 Å². The van der Waals surface area contributed by atoms with Crippen molar-refractivity contribution >= 4 is 0 Å². The molecule has 1 aliphatic carbocycles. The maximum absolute atomic E-state index is 12.8. The Morgan fingerprint density at radius 3 is 2.86 bits per heavy atom. The Balaban J connectivity index is 2.05. The van der Waals surface area contributed by atoms with E-state index in [-0.39, 0.29) is 25.3 Å². The minimum absolute atomic E-state index is 0.118. The highest BCUT2D eigenvalue weighted by Crippen LogP contribution is 2.42. The summed E-state index contributed by atoms with van der Waals surface area (Å²) in [5, 5.41) is 14.9. The predicted octanol–water partition coefficient (Wildman–Crippen LogP) is 3.88. The second-order valence-electron chi connectivity index (χ2n) is 6.28. The van der Waals surface area contributed by atoms with Crippen molar-refractivity contribution in [3.05, 3.63) is 18.0 Å². The van der Waals surface area contributed by atoms with Crippen LogP contribution in [0.4, 0.5) is 13.2 Å². The lowest BCUT2D eigenvalue weighted by atomic mass is 9.75. The van der Waals surface area contributed by atoms with E-state index >= 15 is 0 Å². The number of halogens is 3. The van der Waals surface area contributed by atoms with Gasteiger partial charge in [0.15, 0.2) is 0 Å². The number of aliphatic hydroxyl groups is 1. The summed E-state index contributed by atoms with van der Waals surface area (Å²) in [7, 11) is 0. The molecular weight excluding hydrogens is 281 g/mol. The van der Waals surface area contributed by atoms with E-state index in [1.54, 1.807) is 6.07 Å². The Morgan fingerprint density at radius 2 is 2.24 bits per heavy atom. The molecule has 3 nitrogen and oxygen atoms in total. The molecule has 0 bridgehead atoms. The van der Waals surface area contributed by atoms with Crippen LogP contribution in [0.1, 0.15) is 57.7 Å². The van der Waals surface area contributed by atoms with E-state index in [1.807, 2.05) is 17.8 Å². The molecule has 1 heterocycles. The molecule has 2 rings (SSSR count). The van der Waals surface area contributed by atoms with Gasteiger partial charge < -0.3 is 5.11 Å². The van der Waals surface area contributed by atoms with E-state index in [1.165, 1.54) is 0 Å². The normalized spacial score (nSPS) is 28.6. The fraction of sp³-hybridized carbons (Fsp3) is 0.800. The Labute approximate surface area is 123 Å². The lowest BCUT2D eigenvalue weighted by molar-refractivity contribution is -0.200.